The smallest absolute Gasteiger partial charge is 0.0715 e. The van der Waals surface area contributed by atoms with Crippen molar-refractivity contribution in [2.75, 3.05) is 24.2 Å². The molecule has 1 rings (SSSR count). The Hall–Kier alpha value is 0.650. The maximum atomic E-state index is 5.78. The van der Waals surface area contributed by atoms with Crippen molar-refractivity contribution in [2.45, 2.75) is 25.9 Å². The third-order valence-corrected chi connectivity index (χ3v) is 3.89. The Morgan fingerprint density at radius 2 is 2.33 bits per heavy atom. The molecule has 0 radical (unpaired) electrons. The van der Waals surface area contributed by atoms with Gasteiger partial charge in [0.2, 0.25) is 0 Å². The summed E-state index contributed by atoms with van der Waals surface area (Å²) in [7, 11) is 0. The van der Waals surface area contributed by atoms with Crippen LogP contribution >= 0.6 is 22.6 Å². The van der Waals surface area contributed by atoms with E-state index in [9.17, 15) is 0 Å². The van der Waals surface area contributed by atoms with E-state index >= 15 is 0 Å². The fourth-order valence-corrected chi connectivity index (χ4v) is 1.32. The average molecular weight is 284 g/mol. The summed E-state index contributed by atoms with van der Waals surface area (Å²) in [5.74, 6) is 0.632. The first kappa shape index (κ1) is 10.7. The lowest BCUT2D eigenvalue weighted by Gasteiger charge is -2.24. The zero-order valence-corrected chi connectivity index (χ0v) is 9.96. The predicted octanol–water partition coefficient (Wildman–Crippen LogP) is 2.25. The van der Waals surface area contributed by atoms with Gasteiger partial charge in [0, 0.05) is 17.0 Å². The zero-order valence-electron chi connectivity index (χ0n) is 7.81. The Balaban J connectivity index is 2.15. The van der Waals surface area contributed by atoms with Gasteiger partial charge in [-0.05, 0) is 20.3 Å². The first-order valence-corrected chi connectivity index (χ1v) is 5.94. The minimum absolute atomic E-state index is 0.0309. The molecule has 3 heteroatoms. The van der Waals surface area contributed by atoms with Gasteiger partial charge >= 0.3 is 0 Å². The van der Waals surface area contributed by atoms with Gasteiger partial charge in [-0.25, -0.2) is 0 Å². The molecule has 0 N–H and O–H groups in total. The molecule has 1 saturated heterocycles. The number of alkyl halides is 1. The van der Waals surface area contributed by atoms with E-state index in [1.165, 1.54) is 0 Å². The molecule has 12 heavy (non-hydrogen) atoms. The summed E-state index contributed by atoms with van der Waals surface area (Å²) in [6.07, 6.45) is 1.16. The van der Waals surface area contributed by atoms with Crippen LogP contribution in [0.2, 0.25) is 0 Å². The molecule has 0 aliphatic carbocycles. The first-order valence-electron chi connectivity index (χ1n) is 4.42. The Labute approximate surface area is 88.1 Å². The van der Waals surface area contributed by atoms with Crippen molar-refractivity contribution in [3.05, 3.63) is 0 Å². The van der Waals surface area contributed by atoms with Crippen LogP contribution in [0.3, 0.4) is 0 Å². The second-order valence-electron chi connectivity index (χ2n) is 3.93. The van der Waals surface area contributed by atoms with Crippen LogP contribution in [0.25, 0.3) is 0 Å². The molecule has 0 bridgehead atoms. The molecule has 1 heterocycles. The lowest BCUT2D eigenvalue weighted by Crippen LogP contribution is -2.29. The van der Waals surface area contributed by atoms with Crippen LogP contribution in [0, 0.1) is 5.92 Å². The van der Waals surface area contributed by atoms with E-state index in [-0.39, 0.29) is 5.60 Å². The third kappa shape index (κ3) is 3.58. The molecule has 1 aliphatic rings. The van der Waals surface area contributed by atoms with Crippen molar-refractivity contribution >= 4 is 22.6 Å². The number of hydrogen-bond donors (Lipinski definition) is 0. The van der Waals surface area contributed by atoms with Gasteiger partial charge in [-0.1, -0.05) is 22.6 Å². The quantitative estimate of drug-likeness (QED) is 0.582. The highest BCUT2D eigenvalue weighted by Gasteiger charge is 2.21. The van der Waals surface area contributed by atoms with Crippen LogP contribution < -0.4 is 0 Å². The maximum absolute atomic E-state index is 5.78. The average Bonchev–Trinajstić information content (AvgIpc) is 2.53. The zero-order chi connectivity index (χ0) is 9.03. The molecule has 0 amide bonds. The van der Waals surface area contributed by atoms with Gasteiger partial charge < -0.3 is 9.47 Å². The van der Waals surface area contributed by atoms with E-state index in [1.807, 2.05) is 0 Å². The fourth-order valence-electron chi connectivity index (χ4n) is 1.10. The molecule has 1 aliphatic heterocycles. The Bertz CT molecular complexity index is 130. The van der Waals surface area contributed by atoms with Crippen LogP contribution in [-0.4, -0.2) is 29.8 Å². The Kier molecular flexibility index (Phi) is 4.26. The van der Waals surface area contributed by atoms with E-state index in [0.29, 0.717) is 5.92 Å². The third-order valence-electron chi connectivity index (χ3n) is 2.06. The van der Waals surface area contributed by atoms with Crippen molar-refractivity contribution in [1.82, 2.24) is 0 Å². The number of rotatable bonds is 4. The van der Waals surface area contributed by atoms with Gasteiger partial charge in [-0.15, -0.1) is 0 Å². The van der Waals surface area contributed by atoms with Crippen LogP contribution in [0.1, 0.15) is 20.3 Å². The summed E-state index contributed by atoms with van der Waals surface area (Å²) in [5, 5.41) is 0. The van der Waals surface area contributed by atoms with Crippen molar-refractivity contribution in [1.29, 1.82) is 0 Å². The summed E-state index contributed by atoms with van der Waals surface area (Å²) in [5.41, 5.74) is 0.0309. The summed E-state index contributed by atoms with van der Waals surface area (Å²) >= 11 is 2.36. The molecule has 0 saturated carbocycles. The highest BCUT2D eigenvalue weighted by atomic mass is 127. The number of ether oxygens (including phenoxy) is 2. The van der Waals surface area contributed by atoms with E-state index < -0.39 is 0 Å². The molecular weight excluding hydrogens is 267 g/mol. The predicted molar refractivity (Wildman–Crippen MR) is 57.8 cm³/mol. The van der Waals surface area contributed by atoms with Crippen LogP contribution in [0.5, 0.6) is 0 Å². The standard InChI is InChI=1S/C9H17IO2/c1-9(2,7-10)12-6-8-3-4-11-5-8/h8H,3-7H2,1-2H3. The molecule has 2 nitrogen and oxygen atoms in total. The summed E-state index contributed by atoms with van der Waals surface area (Å²) in [6, 6.07) is 0. The largest absolute Gasteiger partial charge is 0.381 e. The van der Waals surface area contributed by atoms with Crippen LogP contribution in [-0.2, 0) is 9.47 Å². The molecule has 0 aromatic heterocycles. The summed E-state index contributed by atoms with van der Waals surface area (Å²) in [4.78, 5) is 0. The lowest BCUT2D eigenvalue weighted by atomic mass is 10.1. The van der Waals surface area contributed by atoms with E-state index in [4.69, 9.17) is 9.47 Å². The van der Waals surface area contributed by atoms with E-state index in [2.05, 4.69) is 36.4 Å². The van der Waals surface area contributed by atoms with Gasteiger partial charge in [0.1, 0.15) is 0 Å². The first-order chi connectivity index (χ1) is 5.64. The van der Waals surface area contributed by atoms with Crippen molar-refractivity contribution in [3.63, 3.8) is 0 Å². The fraction of sp³-hybridized carbons (Fsp3) is 1.00. The highest BCUT2D eigenvalue weighted by Crippen LogP contribution is 2.18. The molecule has 1 unspecified atom stereocenters. The van der Waals surface area contributed by atoms with Crippen LogP contribution in [0.4, 0.5) is 0 Å². The SMILES string of the molecule is CC(C)(CI)OCC1CCOC1. The normalized spacial score (nSPS) is 24.8. The molecule has 1 fully saturated rings. The molecular formula is C9H17IO2. The number of halogens is 1. The molecule has 1 atom stereocenters. The minimum Gasteiger partial charge on any atom is -0.381 e. The molecule has 0 aromatic carbocycles. The van der Waals surface area contributed by atoms with Crippen molar-refractivity contribution in [2.24, 2.45) is 5.92 Å². The van der Waals surface area contributed by atoms with Gasteiger partial charge in [-0.3, -0.25) is 0 Å². The van der Waals surface area contributed by atoms with Crippen LogP contribution in [0.15, 0.2) is 0 Å². The van der Waals surface area contributed by atoms with Gasteiger partial charge in [0.25, 0.3) is 0 Å². The Morgan fingerprint density at radius 3 is 2.83 bits per heavy atom. The maximum Gasteiger partial charge on any atom is 0.0715 e. The van der Waals surface area contributed by atoms with Gasteiger partial charge in [0.15, 0.2) is 0 Å². The molecule has 72 valence electrons. The van der Waals surface area contributed by atoms with E-state index in [1.54, 1.807) is 0 Å². The molecule has 0 spiro atoms. The minimum atomic E-state index is 0.0309. The summed E-state index contributed by atoms with van der Waals surface area (Å²) in [6.45, 7) is 6.93. The monoisotopic (exact) mass is 284 g/mol. The number of hydrogen-bond acceptors (Lipinski definition) is 2. The van der Waals surface area contributed by atoms with Gasteiger partial charge in [-0.2, -0.15) is 0 Å². The Morgan fingerprint density at radius 1 is 1.58 bits per heavy atom. The second kappa shape index (κ2) is 4.77. The highest BCUT2D eigenvalue weighted by molar-refractivity contribution is 14.1. The summed E-state index contributed by atoms with van der Waals surface area (Å²) < 4.78 is 12.1. The van der Waals surface area contributed by atoms with Crippen molar-refractivity contribution < 1.29 is 9.47 Å². The van der Waals surface area contributed by atoms with Gasteiger partial charge in [0.05, 0.1) is 18.8 Å². The van der Waals surface area contributed by atoms with Crippen molar-refractivity contribution in [3.8, 4) is 0 Å². The van der Waals surface area contributed by atoms with E-state index in [0.717, 1.165) is 30.7 Å². The topological polar surface area (TPSA) is 18.5 Å². The lowest BCUT2D eigenvalue weighted by molar-refractivity contribution is -0.0178. The second-order valence-corrected chi connectivity index (χ2v) is 4.70. The molecule has 0 aromatic rings.